The molecule has 0 unspecified atom stereocenters. The molecule has 0 aliphatic rings. The van der Waals surface area contributed by atoms with Crippen LogP contribution in [0.4, 0.5) is 8.78 Å². The van der Waals surface area contributed by atoms with Gasteiger partial charge in [-0.1, -0.05) is 6.92 Å². The first-order chi connectivity index (χ1) is 10.1. The smallest absolute Gasteiger partial charge is 0.223 e. The molecule has 1 aromatic heterocycles. The van der Waals surface area contributed by atoms with Gasteiger partial charge < -0.3 is 10.1 Å². The maximum Gasteiger partial charge on any atom is 0.223 e. The molecule has 0 atom stereocenters. The van der Waals surface area contributed by atoms with Crippen LogP contribution in [-0.2, 0) is 6.54 Å². The van der Waals surface area contributed by atoms with Gasteiger partial charge in [0.25, 0.3) is 0 Å². The molecule has 3 nitrogen and oxygen atoms in total. The number of nitrogens with zero attached hydrogens (tertiary/aromatic N) is 1. The molecule has 0 fully saturated rings. The predicted molar refractivity (Wildman–Crippen MR) is 80.4 cm³/mol. The summed E-state index contributed by atoms with van der Waals surface area (Å²) in [4.78, 5) is 3.96. The molecule has 21 heavy (non-hydrogen) atoms. The molecule has 1 heterocycles. The lowest BCUT2D eigenvalue weighted by Crippen LogP contribution is -2.15. The van der Waals surface area contributed by atoms with E-state index in [4.69, 9.17) is 4.74 Å². The fraction of sp³-hybridized carbons (Fsp3) is 0.267. The van der Waals surface area contributed by atoms with Crippen LogP contribution in [0.2, 0.25) is 0 Å². The molecule has 112 valence electrons. The number of halogens is 3. The van der Waals surface area contributed by atoms with Gasteiger partial charge in [-0.2, -0.15) is 0 Å². The molecule has 0 amide bonds. The van der Waals surface area contributed by atoms with Gasteiger partial charge >= 0.3 is 0 Å². The van der Waals surface area contributed by atoms with Crippen LogP contribution in [0.5, 0.6) is 11.6 Å². The maximum atomic E-state index is 13.3. The molecule has 1 aromatic carbocycles. The Morgan fingerprint density at radius 2 is 2.05 bits per heavy atom. The number of pyridine rings is 1. The lowest BCUT2D eigenvalue weighted by atomic mass is 10.2. The minimum Gasteiger partial charge on any atom is -0.438 e. The summed E-state index contributed by atoms with van der Waals surface area (Å²) in [6.45, 7) is 3.31. The lowest BCUT2D eigenvalue weighted by Gasteiger charge is -2.12. The molecule has 0 bridgehead atoms. The highest BCUT2D eigenvalue weighted by Crippen LogP contribution is 2.31. The Labute approximate surface area is 130 Å². The molecule has 0 spiro atoms. The topological polar surface area (TPSA) is 34.2 Å². The van der Waals surface area contributed by atoms with Crippen molar-refractivity contribution in [1.82, 2.24) is 10.3 Å². The Balaban J connectivity index is 2.22. The first-order valence-corrected chi connectivity index (χ1v) is 7.37. The average Bonchev–Trinajstić information content (AvgIpc) is 2.44. The molecule has 2 rings (SSSR count). The molecule has 0 radical (unpaired) electrons. The molecule has 0 saturated carbocycles. The Morgan fingerprint density at radius 1 is 1.24 bits per heavy atom. The fourth-order valence-electron chi connectivity index (χ4n) is 1.75. The van der Waals surface area contributed by atoms with Crippen LogP contribution in [-0.4, -0.2) is 11.5 Å². The molecule has 0 aliphatic carbocycles. The first kappa shape index (κ1) is 15.9. The van der Waals surface area contributed by atoms with Crippen molar-refractivity contribution in [1.29, 1.82) is 0 Å². The zero-order valence-corrected chi connectivity index (χ0v) is 13.1. The van der Waals surface area contributed by atoms with Crippen molar-refractivity contribution >= 4 is 15.9 Å². The number of rotatable bonds is 6. The summed E-state index contributed by atoms with van der Waals surface area (Å²) in [5.74, 6) is -0.0699. The van der Waals surface area contributed by atoms with Gasteiger partial charge in [0.15, 0.2) is 0 Å². The van der Waals surface area contributed by atoms with E-state index in [-0.39, 0.29) is 5.82 Å². The van der Waals surface area contributed by atoms with Gasteiger partial charge in [-0.15, -0.1) is 0 Å². The fourth-order valence-corrected chi connectivity index (χ4v) is 2.18. The lowest BCUT2D eigenvalue weighted by molar-refractivity contribution is 0.444. The van der Waals surface area contributed by atoms with Crippen molar-refractivity contribution in [2.45, 2.75) is 19.9 Å². The molecule has 0 aliphatic heterocycles. The predicted octanol–water partition coefficient (Wildman–Crippen LogP) is 4.41. The van der Waals surface area contributed by atoms with Gasteiger partial charge in [-0.05, 0) is 53.2 Å². The standard InChI is InChI=1S/C15H15BrF2N2O/c1-2-5-19-8-10-6-12(18)9-20-15(10)21-14-4-3-11(17)7-13(14)16/h3-4,6-7,9,19H,2,5,8H2,1H3. The highest BCUT2D eigenvalue weighted by molar-refractivity contribution is 9.10. The van der Waals surface area contributed by atoms with E-state index in [1.54, 1.807) is 0 Å². The molecule has 0 saturated heterocycles. The quantitative estimate of drug-likeness (QED) is 0.778. The Hall–Kier alpha value is -1.53. The number of aromatic nitrogens is 1. The Morgan fingerprint density at radius 3 is 2.76 bits per heavy atom. The summed E-state index contributed by atoms with van der Waals surface area (Å²) in [5.41, 5.74) is 0.611. The molecule has 2 aromatic rings. The summed E-state index contributed by atoms with van der Waals surface area (Å²) >= 11 is 3.22. The normalized spacial score (nSPS) is 10.7. The van der Waals surface area contributed by atoms with Crippen LogP contribution < -0.4 is 10.1 Å². The van der Waals surface area contributed by atoms with Crippen LogP contribution >= 0.6 is 15.9 Å². The SMILES string of the molecule is CCCNCc1cc(F)cnc1Oc1ccc(F)cc1Br. The molecular weight excluding hydrogens is 342 g/mol. The van der Waals surface area contributed by atoms with E-state index in [2.05, 4.69) is 26.2 Å². The van der Waals surface area contributed by atoms with E-state index in [1.807, 2.05) is 6.92 Å². The summed E-state index contributed by atoms with van der Waals surface area (Å²) in [5, 5.41) is 3.17. The zero-order valence-electron chi connectivity index (χ0n) is 11.5. The van der Waals surface area contributed by atoms with Crippen LogP contribution in [0.1, 0.15) is 18.9 Å². The summed E-state index contributed by atoms with van der Waals surface area (Å²) < 4.78 is 32.5. The van der Waals surface area contributed by atoms with Gasteiger partial charge in [0.1, 0.15) is 17.4 Å². The van der Waals surface area contributed by atoms with Gasteiger partial charge in [-0.3, -0.25) is 0 Å². The summed E-state index contributed by atoms with van der Waals surface area (Å²) in [6, 6.07) is 5.46. The van der Waals surface area contributed by atoms with Crippen LogP contribution in [0.3, 0.4) is 0 Å². The number of benzene rings is 1. The number of hydrogen-bond acceptors (Lipinski definition) is 3. The molecule has 6 heteroatoms. The van der Waals surface area contributed by atoms with Crippen LogP contribution in [0.25, 0.3) is 0 Å². The van der Waals surface area contributed by atoms with Crippen molar-refractivity contribution in [3.05, 3.63) is 52.1 Å². The van der Waals surface area contributed by atoms with E-state index < -0.39 is 5.82 Å². The summed E-state index contributed by atoms with van der Waals surface area (Å²) in [7, 11) is 0. The average molecular weight is 357 g/mol. The largest absolute Gasteiger partial charge is 0.438 e. The molecule has 1 N–H and O–H groups in total. The van der Waals surface area contributed by atoms with Crippen LogP contribution in [0, 0.1) is 11.6 Å². The van der Waals surface area contributed by atoms with Crippen LogP contribution in [0.15, 0.2) is 34.9 Å². The monoisotopic (exact) mass is 356 g/mol. The van der Waals surface area contributed by atoms with Crippen molar-refractivity contribution in [3.8, 4) is 11.6 Å². The molecular formula is C15H15BrF2N2O. The second-order valence-corrected chi connectivity index (χ2v) is 5.33. The number of nitrogens with one attached hydrogen (secondary N) is 1. The Kier molecular flexibility index (Phi) is 5.64. The van der Waals surface area contributed by atoms with Gasteiger partial charge in [0.2, 0.25) is 5.88 Å². The third-order valence-electron chi connectivity index (χ3n) is 2.73. The second-order valence-electron chi connectivity index (χ2n) is 4.47. The van der Waals surface area contributed by atoms with E-state index in [9.17, 15) is 8.78 Å². The van der Waals surface area contributed by atoms with E-state index >= 15 is 0 Å². The summed E-state index contributed by atoms with van der Waals surface area (Å²) in [6.07, 6.45) is 2.07. The number of hydrogen-bond donors (Lipinski definition) is 1. The first-order valence-electron chi connectivity index (χ1n) is 6.58. The third kappa shape index (κ3) is 4.47. The van der Waals surface area contributed by atoms with Gasteiger partial charge in [0, 0.05) is 12.1 Å². The van der Waals surface area contributed by atoms with Crippen molar-refractivity contribution in [3.63, 3.8) is 0 Å². The minimum absolute atomic E-state index is 0.298. The van der Waals surface area contributed by atoms with Crippen molar-refractivity contribution in [2.24, 2.45) is 0 Å². The second kappa shape index (κ2) is 7.47. The van der Waals surface area contributed by atoms with E-state index in [0.29, 0.717) is 28.2 Å². The number of ether oxygens (including phenoxy) is 1. The van der Waals surface area contributed by atoms with Gasteiger partial charge in [0.05, 0.1) is 10.7 Å². The zero-order chi connectivity index (χ0) is 15.2. The van der Waals surface area contributed by atoms with Gasteiger partial charge in [-0.25, -0.2) is 13.8 Å². The Bertz CT molecular complexity index is 623. The highest BCUT2D eigenvalue weighted by atomic mass is 79.9. The van der Waals surface area contributed by atoms with E-state index in [1.165, 1.54) is 24.3 Å². The van der Waals surface area contributed by atoms with E-state index in [0.717, 1.165) is 19.2 Å². The van der Waals surface area contributed by atoms with Crippen molar-refractivity contribution < 1.29 is 13.5 Å². The maximum absolute atomic E-state index is 13.3. The van der Waals surface area contributed by atoms with Crippen molar-refractivity contribution in [2.75, 3.05) is 6.54 Å². The minimum atomic E-state index is -0.422. The third-order valence-corrected chi connectivity index (χ3v) is 3.35. The highest BCUT2D eigenvalue weighted by Gasteiger charge is 2.11.